The Bertz CT molecular complexity index is 500. The maximum absolute atomic E-state index is 12.1. The minimum atomic E-state index is -0.737. The molecule has 1 aromatic rings. The van der Waals surface area contributed by atoms with Gasteiger partial charge in [-0.05, 0) is 24.6 Å². The van der Waals surface area contributed by atoms with Gasteiger partial charge in [0.1, 0.15) is 0 Å². The van der Waals surface area contributed by atoms with Crippen molar-refractivity contribution in [3.63, 3.8) is 0 Å². The van der Waals surface area contributed by atoms with Gasteiger partial charge < -0.3 is 19.9 Å². The summed E-state index contributed by atoms with van der Waals surface area (Å²) < 4.78 is 14.9. The van der Waals surface area contributed by atoms with Crippen molar-refractivity contribution in [3.05, 3.63) is 23.8 Å². The molecular weight excluding hydrogens is 250 g/mol. The number of hydrogen-bond donors (Lipinski definition) is 1. The van der Waals surface area contributed by atoms with Crippen LogP contribution in [0.1, 0.15) is 23.2 Å². The van der Waals surface area contributed by atoms with Gasteiger partial charge in [0.05, 0.1) is 13.2 Å². The van der Waals surface area contributed by atoms with Gasteiger partial charge in [0.25, 0.3) is 0 Å². The number of benzene rings is 1. The Labute approximate surface area is 110 Å². The van der Waals surface area contributed by atoms with E-state index in [1.807, 2.05) is 0 Å². The lowest BCUT2D eigenvalue weighted by Crippen LogP contribution is -2.31. The zero-order valence-corrected chi connectivity index (χ0v) is 10.5. The first-order valence-electron chi connectivity index (χ1n) is 5.88. The van der Waals surface area contributed by atoms with Crippen molar-refractivity contribution >= 4 is 11.8 Å². The molecule has 6 nitrogen and oxygen atoms in total. The third-order valence-electron chi connectivity index (χ3n) is 2.88. The van der Waals surface area contributed by atoms with Crippen LogP contribution in [0.4, 0.5) is 0 Å². The molecule has 2 N–H and O–H groups in total. The number of methoxy groups -OCH3 is 1. The fourth-order valence-corrected chi connectivity index (χ4v) is 1.77. The van der Waals surface area contributed by atoms with Crippen LogP contribution in [0.2, 0.25) is 0 Å². The number of Topliss-reactive ketones (excluding diaryl/α,β-unsaturated/α-hetero) is 1. The van der Waals surface area contributed by atoms with Gasteiger partial charge in [-0.15, -0.1) is 0 Å². The smallest absolute Gasteiger partial charge is 0.305 e. The van der Waals surface area contributed by atoms with Crippen LogP contribution in [0.15, 0.2) is 18.2 Å². The fraction of sp³-hybridized carbons (Fsp3) is 0.385. The number of hydrogen-bond acceptors (Lipinski definition) is 6. The van der Waals surface area contributed by atoms with Gasteiger partial charge in [-0.3, -0.25) is 9.59 Å². The van der Waals surface area contributed by atoms with Crippen LogP contribution in [0.5, 0.6) is 11.5 Å². The Morgan fingerprint density at radius 1 is 1.37 bits per heavy atom. The maximum Gasteiger partial charge on any atom is 0.305 e. The molecular formula is C13H15NO5. The van der Waals surface area contributed by atoms with E-state index in [0.29, 0.717) is 17.1 Å². The van der Waals surface area contributed by atoms with Gasteiger partial charge in [0, 0.05) is 12.0 Å². The first kappa shape index (κ1) is 13.4. The SMILES string of the molecule is COC(=O)CCC(N)C(=O)c1ccc2c(c1)OCO2. The number of carbonyl (C=O) groups excluding carboxylic acids is 2. The summed E-state index contributed by atoms with van der Waals surface area (Å²) in [6.45, 7) is 0.154. The van der Waals surface area contributed by atoms with E-state index in [4.69, 9.17) is 15.2 Å². The van der Waals surface area contributed by atoms with Crippen LogP contribution in [-0.2, 0) is 9.53 Å². The predicted molar refractivity (Wildman–Crippen MR) is 66.1 cm³/mol. The highest BCUT2D eigenvalue weighted by Gasteiger charge is 2.20. The van der Waals surface area contributed by atoms with Crippen molar-refractivity contribution in [1.82, 2.24) is 0 Å². The van der Waals surface area contributed by atoms with Crippen molar-refractivity contribution in [2.24, 2.45) is 5.73 Å². The van der Waals surface area contributed by atoms with Crippen LogP contribution >= 0.6 is 0 Å². The maximum atomic E-state index is 12.1. The average Bonchev–Trinajstić information content (AvgIpc) is 2.90. The van der Waals surface area contributed by atoms with Crippen LogP contribution in [0, 0.1) is 0 Å². The molecule has 0 fully saturated rings. The standard InChI is InChI=1S/C13H15NO5/c1-17-12(15)5-3-9(14)13(16)8-2-4-10-11(6-8)19-7-18-10/h2,4,6,9H,3,5,7,14H2,1H3. The Hall–Kier alpha value is -2.08. The molecule has 1 aliphatic heterocycles. The Balaban J connectivity index is 2.01. The van der Waals surface area contributed by atoms with Gasteiger partial charge in [0.2, 0.25) is 6.79 Å². The van der Waals surface area contributed by atoms with Crippen LogP contribution in [0.25, 0.3) is 0 Å². The first-order chi connectivity index (χ1) is 9.11. The molecule has 0 saturated carbocycles. The summed E-state index contributed by atoms with van der Waals surface area (Å²) in [5.74, 6) is 0.529. The molecule has 1 aromatic carbocycles. The second-order valence-electron chi connectivity index (χ2n) is 4.15. The van der Waals surface area contributed by atoms with E-state index in [0.717, 1.165) is 0 Å². The van der Waals surface area contributed by atoms with E-state index < -0.39 is 6.04 Å². The molecule has 0 radical (unpaired) electrons. The number of ketones is 1. The van der Waals surface area contributed by atoms with Crippen LogP contribution in [-0.4, -0.2) is 31.7 Å². The molecule has 19 heavy (non-hydrogen) atoms. The van der Waals surface area contributed by atoms with Gasteiger partial charge in [-0.25, -0.2) is 0 Å². The van der Waals surface area contributed by atoms with E-state index in [1.165, 1.54) is 7.11 Å². The second kappa shape index (κ2) is 5.71. The molecule has 0 amide bonds. The summed E-state index contributed by atoms with van der Waals surface area (Å²) in [5, 5.41) is 0. The number of carbonyl (C=O) groups is 2. The Morgan fingerprint density at radius 3 is 2.84 bits per heavy atom. The molecule has 0 spiro atoms. The summed E-state index contributed by atoms with van der Waals surface area (Å²) >= 11 is 0. The molecule has 1 unspecified atom stereocenters. The molecule has 0 saturated heterocycles. The van der Waals surface area contributed by atoms with Crippen molar-refractivity contribution in [2.75, 3.05) is 13.9 Å². The molecule has 6 heteroatoms. The van der Waals surface area contributed by atoms with Crippen LogP contribution < -0.4 is 15.2 Å². The molecule has 0 aromatic heterocycles. The molecule has 0 aliphatic carbocycles. The number of ether oxygens (including phenoxy) is 3. The minimum Gasteiger partial charge on any atom is -0.469 e. The number of nitrogens with two attached hydrogens (primary N) is 1. The topological polar surface area (TPSA) is 87.9 Å². The third kappa shape index (κ3) is 3.03. The normalized spacial score (nSPS) is 14.0. The highest BCUT2D eigenvalue weighted by molar-refractivity contribution is 6.00. The fourth-order valence-electron chi connectivity index (χ4n) is 1.77. The summed E-state index contributed by atoms with van der Waals surface area (Å²) in [6.07, 6.45) is 0.369. The number of esters is 1. The lowest BCUT2D eigenvalue weighted by molar-refractivity contribution is -0.140. The molecule has 1 atom stereocenters. The molecule has 1 aliphatic rings. The Morgan fingerprint density at radius 2 is 2.11 bits per heavy atom. The van der Waals surface area contributed by atoms with Gasteiger partial charge in [0.15, 0.2) is 17.3 Å². The minimum absolute atomic E-state index is 0.119. The first-order valence-corrected chi connectivity index (χ1v) is 5.88. The lowest BCUT2D eigenvalue weighted by atomic mass is 10.0. The van der Waals surface area contributed by atoms with Crippen molar-refractivity contribution in [2.45, 2.75) is 18.9 Å². The van der Waals surface area contributed by atoms with Gasteiger partial charge in [-0.1, -0.05) is 0 Å². The molecule has 0 bridgehead atoms. The van der Waals surface area contributed by atoms with Gasteiger partial charge in [-0.2, -0.15) is 0 Å². The molecule has 102 valence electrons. The van der Waals surface area contributed by atoms with E-state index >= 15 is 0 Å². The van der Waals surface area contributed by atoms with Crippen molar-refractivity contribution in [3.8, 4) is 11.5 Å². The monoisotopic (exact) mass is 265 g/mol. The van der Waals surface area contributed by atoms with Crippen molar-refractivity contribution in [1.29, 1.82) is 0 Å². The average molecular weight is 265 g/mol. The van der Waals surface area contributed by atoms with Gasteiger partial charge >= 0.3 is 5.97 Å². The zero-order chi connectivity index (χ0) is 13.8. The number of rotatable bonds is 5. The summed E-state index contributed by atoms with van der Waals surface area (Å²) in [4.78, 5) is 23.1. The number of fused-ring (bicyclic) bond motifs is 1. The highest BCUT2D eigenvalue weighted by atomic mass is 16.7. The largest absolute Gasteiger partial charge is 0.469 e. The third-order valence-corrected chi connectivity index (χ3v) is 2.88. The summed E-state index contributed by atoms with van der Waals surface area (Å²) in [7, 11) is 1.30. The summed E-state index contributed by atoms with van der Waals surface area (Å²) in [5.41, 5.74) is 6.21. The Kier molecular flexibility index (Phi) is 4.01. The molecule has 1 heterocycles. The van der Waals surface area contributed by atoms with E-state index in [2.05, 4.69) is 4.74 Å². The highest BCUT2D eigenvalue weighted by Crippen LogP contribution is 2.32. The quantitative estimate of drug-likeness (QED) is 0.628. The molecule has 2 rings (SSSR count). The lowest BCUT2D eigenvalue weighted by Gasteiger charge is -2.10. The van der Waals surface area contributed by atoms with E-state index in [9.17, 15) is 9.59 Å². The van der Waals surface area contributed by atoms with Crippen LogP contribution in [0.3, 0.4) is 0 Å². The predicted octanol–water partition coefficient (Wildman–Crippen LogP) is 0.878. The second-order valence-corrected chi connectivity index (χ2v) is 4.15. The van der Waals surface area contributed by atoms with Crippen molar-refractivity contribution < 1.29 is 23.8 Å². The summed E-state index contributed by atoms with van der Waals surface area (Å²) in [6, 6.07) is 4.17. The zero-order valence-electron chi connectivity index (χ0n) is 10.5. The van der Waals surface area contributed by atoms with E-state index in [-0.39, 0.29) is 31.4 Å². The van der Waals surface area contributed by atoms with E-state index in [1.54, 1.807) is 18.2 Å².